The van der Waals surface area contributed by atoms with Crippen LogP contribution < -0.4 is 0 Å². The Hall–Kier alpha value is -2.40. The second kappa shape index (κ2) is 28.6. The molecule has 31 heteroatoms. The first-order chi connectivity index (χ1) is 45.5. The first kappa shape index (κ1) is 75.7. The SMILES string of the molecule is CC(=O)O[C@@H]1[C@@H](O)[C@H](C)O[C@@H](O[C@H]2[C@H](O)[C@@H](O)[C@H](OC[C@H]3O[C@@H](OC(=O)[C@]45CCC(C)(C)C[C@H]4C4=CC[C@@H]6[C@@]7(C)CC[C@H](O[C@@H]8OC[C@H](O)[C@H](O)[C@H]8O[C@@H]8O[C@@H](C)[C@H](O)[C@@H](O[C@@H]9OC[C@@H](O)[C@@H](O)[C@H]9O)[C@H]8O)[C@@](C)(CO)[C@@H]7CC[C@@]6(C)[C@]4(C)CC5)[C@H](O)[C@@H](O)[C@@H]3O)O[C@@H]2CO)[C@@H]1O. The molecule has 6 heterocycles. The molecular formula is C66H106O31. The molecule has 37 atom stereocenters. The van der Waals surface area contributed by atoms with E-state index < -0.39 is 226 Å². The van der Waals surface area contributed by atoms with Crippen molar-refractivity contribution in [3.8, 4) is 0 Å². The summed E-state index contributed by atoms with van der Waals surface area (Å²) in [7, 11) is 0. The number of carbonyl (C=O) groups excluding carboxylic acids is 2. The Balaban J connectivity index is 0.765. The highest BCUT2D eigenvalue weighted by atomic mass is 16.8. The normalized spacial score (nSPS) is 53.8. The van der Waals surface area contributed by atoms with Gasteiger partial charge in [-0.25, -0.2) is 0 Å². The van der Waals surface area contributed by atoms with E-state index in [0.29, 0.717) is 57.8 Å². The van der Waals surface area contributed by atoms with Crippen LogP contribution in [0, 0.1) is 50.2 Å². The van der Waals surface area contributed by atoms with Crippen LogP contribution in [-0.2, 0) is 71.2 Å². The molecular weight excluding hydrogens is 1290 g/mol. The van der Waals surface area contributed by atoms with E-state index in [1.807, 2.05) is 6.92 Å². The van der Waals surface area contributed by atoms with Crippen molar-refractivity contribution in [3.05, 3.63) is 11.6 Å². The summed E-state index contributed by atoms with van der Waals surface area (Å²) >= 11 is 0. The highest BCUT2D eigenvalue weighted by molar-refractivity contribution is 5.79. The van der Waals surface area contributed by atoms with Crippen LogP contribution in [0.1, 0.15) is 127 Å². The Morgan fingerprint density at radius 2 is 1.09 bits per heavy atom. The van der Waals surface area contributed by atoms with Crippen molar-refractivity contribution in [1.82, 2.24) is 0 Å². The van der Waals surface area contributed by atoms with Gasteiger partial charge in [-0.1, -0.05) is 53.2 Å². The molecule has 5 aliphatic carbocycles. The summed E-state index contributed by atoms with van der Waals surface area (Å²) in [6.07, 6.45) is -37.6. The molecule has 4 saturated carbocycles. The smallest absolute Gasteiger partial charge is 0.315 e. The molecule has 0 aromatic rings. The lowest BCUT2D eigenvalue weighted by Gasteiger charge is -2.71. The van der Waals surface area contributed by atoms with Crippen molar-refractivity contribution in [2.24, 2.45) is 50.2 Å². The molecule has 0 aromatic heterocycles. The number of hydrogen-bond acceptors (Lipinski definition) is 31. The van der Waals surface area contributed by atoms with Crippen LogP contribution in [0.2, 0.25) is 0 Å². The molecule has 11 aliphatic rings. The summed E-state index contributed by atoms with van der Waals surface area (Å²) in [5, 5.41) is 176. The Kier molecular flexibility index (Phi) is 22.3. The number of fused-ring (bicyclic) bond motifs is 7. The fourth-order valence-corrected chi connectivity index (χ4v) is 19.0. The molecule has 16 N–H and O–H groups in total. The summed E-state index contributed by atoms with van der Waals surface area (Å²) < 4.78 is 76.7. The third-order valence-electron chi connectivity index (χ3n) is 25.2. The van der Waals surface area contributed by atoms with E-state index in [-0.39, 0.29) is 47.2 Å². The molecule has 0 bridgehead atoms. The van der Waals surface area contributed by atoms with E-state index in [1.54, 1.807) is 0 Å². The van der Waals surface area contributed by atoms with Crippen LogP contribution in [0.4, 0.5) is 0 Å². The van der Waals surface area contributed by atoms with E-state index in [9.17, 15) is 86.5 Å². The minimum Gasteiger partial charge on any atom is -0.457 e. The molecule has 10 fully saturated rings. The van der Waals surface area contributed by atoms with Gasteiger partial charge in [-0.2, -0.15) is 0 Å². The van der Waals surface area contributed by atoms with Gasteiger partial charge >= 0.3 is 11.9 Å². The van der Waals surface area contributed by atoms with Gasteiger partial charge in [0.05, 0.1) is 56.8 Å². The fourth-order valence-electron chi connectivity index (χ4n) is 19.0. The maximum absolute atomic E-state index is 15.4. The predicted molar refractivity (Wildman–Crippen MR) is 324 cm³/mol. The van der Waals surface area contributed by atoms with Crippen molar-refractivity contribution in [3.63, 3.8) is 0 Å². The van der Waals surface area contributed by atoms with Gasteiger partial charge in [0.2, 0.25) is 6.29 Å². The number of carbonyl (C=O) groups is 2. The minimum atomic E-state index is -1.93. The Morgan fingerprint density at radius 3 is 1.74 bits per heavy atom. The van der Waals surface area contributed by atoms with E-state index in [4.69, 9.17) is 61.6 Å². The number of esters is 2. The standard InChI is InChI=1S/C66H106O31/c1-26-38(72)51(90-28(3)69)48(82)57(88-26)94-50-33(21-67)91-54(47(81)44(50)78)87-24-34-42(76)43(77)46(80)56(92-34)97-60(84)66-18-16-61(4,5)20-30(66)29-10-11-36-62(6)14-13-37(63(7,25-68)35(62)12-15-65(36,9)64(29,8)17-19-66)93-59-53(41(75)32(71)23-86-59)96-58-49(83)52(39(73)27(2)89-58)95-55-45(79)40(74)31(70)22-85-55/h10,26-27,30-59,67-68,70-83H,11-25H2,1-9H3/t26-,27-,30-,31+,32-,33+,34+,35+,36+,37-,38-,39-,40+,41-,42+,43-,44+,45+,46+,47+,48+,49+,50+,51+,52+,53+,54+,55-,56-,57-,58-,59-,62-,63-,64+,65+,66-/m0/s1. The number of rotatable bonds is 16. The summed E-state index contributed by atoms with van der Waals surface area (Å²) in [6, 6.07) is 0. The van der Waals surface area contributed by atoms with Gasteiger partial charge < -0.3 is 143 Å². The van der Waals surface area contributed by atoms with Gasteiger partial charge in [0.15, 0.2) is 37.6 Å². The minimum absolute atomic E-state index is 0.0683. The Morgan fingerprint density at radius 1 is 0.515 bits per heavy atom. The third-order valence-corrected chi connectivity index (χ3v) is 25.2. The van der Waals surface area contributed by atoms with Crippen molar-refractivity contribution in [2.45, 2.75) is 305 Å². The van der Waals surface area contributed by atoms with Crippen LogP contribution in [0.3, 0.4) is 0 Å². The summed E-state index contributed by atoms with van der Waals surface area (Å²) in [6.45, 7) is 14.7. The Bertz CT molecular complexity index is 2760. The fraction of sp³-hybridized carbons (Fsp3) is 0.939. The van der Waals surface area contributed by atoms with Gasteiger partial charge in [0.25, 0.3) is 0 Å². The van der Waals surface area contributed by atoms with Crippen LogP contribution in [-0.4, -0.2) is 305 Å². The number of hydrogen-bond donors (Lipinski definition) is 16. The first-order valence-electron chi connectivity index (χ1n) is 34.4. The molecule has 556 valence electrons. The predicted octanol–water partition coefficient (Wildman–Crippen LogP) is -3.51. The molecule has 0 aromatic carbocycles. The van der Waals surface area contributed by atoms with E-state index in [0.717, 1.165) is 18.9 Å². The van der Waals surface area contributed by atoms with Gasteiger partial charge in [0, 0.05) is 12.3 Å². The van der Waals surface area contributed by atoms with Gasteiger partial charge in [-0.05, 0) is 117 Å². The largest absolute Gasteiger partial charge is 0.457 e. The average Bonchev–Trinajstić information content (AvgIpc) is 0.675. The zero-order chi connectivity index (χ0) is 70.7. The molecule has 31 nitrogen and oxygen atoms in total. The molecule has 97 heavy (non-hydrogen) atoms. The third kappa shape index (κ3) is 13.3. The Labute approximate surface area is 562 Å². The average molecular weight is 1400 g/mol. The second-order valence-electron chi connectivity index (χ2n) is 31.4. The lowest BCUT2D eigenvalue weighted by atomic mass is 9.33. The monoisotopic (exact) mass is 1390 g/mol. The van der Waals surface area contributed by atoms with Gasteiger partial charge in [-0.3, -0.25) is 9.59 Å². The maximum atomic E-state index is 15.4. The molecule has 0 radical (unpaired) electrons. The van der Waals surface area contributed by atoms with E-state index in [2.05, 4.69) is 40.7 Å². The molecule has 0 amide bonds. The van der Waals surface area contributed by atoms with Crippen LogP contribution >= 0.6 is 0 Å². The zero-order valence-corrected chi connectivity index (χ0v) is 56.4. The van der Waals surface area contributed by atoms with Crippen molar-refractivity contribution in [1.29, 1.82) is 0 Å². The molecule has 6 aliphatic heterocycles. The second-order valence-corrected chi connectivity index (χ2v) is 31.4. The van der Waals surface area contributed by atoms with Crippen molar-refractivity contribution in [2.75, 3.05) is 33.0 Å². The van der Waals surface area contributed by atoms with Gasteiger partial charge in [0.1, 0.15) is 116 Å². The maximum Gasteiger partial charge on any atom is 0.315 e. The van der Waals surface area contributed by atoms with Gasteiger partial charge in [-0.15, -0.1) is 0 Å². The van der Waals surface area contributed by atoms with Crippen molar-refractivity contribution >= 4 is 11.9 Å². The molecule has 0 unspecified atom stereocenters. The number of allylic oxidation sites excluding steroid dienone is 2. The topological polar surface area (TPSA) is 478 Å². The van der Waals surface area contributed by atoms with E-state index >= 15 is 4.79 Å². The summed E-state index contributed by atoms with van der Waals surface area (Å²) in [4.78, 5) is 27.1. The number of ether oxygens (including phenoxy) is 13. The van der Waals surface area contributed by atoms with Crippen LogP contribution in [0.15, 0.2) is 11.6 Å². The first-order valence-corrected chi connectivity index (χ1v) is 34.4. The summed E-state index contributed by atoms with van der Waals surface area (Å²) in [5.41, 5.74) is -2.27. The molecule has 6 saturated heterocycles. The highest BCUT2D eigenvalue weighted by Crippen LogP contribution is 2.76. The number of aliphatic hydroxyl groups excluding tert-OH is 16. The quantitative estimate of drug-likeness (QED) is 0.0405. The molecule has 11 rings (SSSR count). The summed E-state index contributed by atoms with van der Waals surface area (Å²) in [5.74, 6) is -1.85. The number of aliphatic hydroxyl groups is 16. The van der Waals surface area contributed by atoms with Crippen LogP contribution in [0.25, 0.3) is 0 Å². The zero-order valence-electron chi connectivity index (χ0n) is 56.4. The highest BCUT2D eigenvalue weighted by Gasteiger charge is 2.71. The lowest BCUT2D eigenvalue weighted by Crippen LogP contribution is -2.67. The molecule has 0 spiro atoms. The lowest BCUT2D eigenvalue weighted by molar-refractivity contribution is -0.379. The van der Waals surface area contributed by atoms with Crippen LogP contribution in [0.5, 0.6) is 0 Å². The van der Waals surface area contributed by atoms with Crippen molar-refractivity contribution < 1.29 is 153 Å². The van der Waals surface area contributed by atoms with E-state index in [1.165, 1.54) is 13.8 Å².